The van der Waals surface area contributed by atoms with Gasteiger partial charge in [-0.25, -0.2) is 9.97 Å². The van der Waals surface area contributed by atoms with Crippen molar-refractivity contribution in [3.05, 3.63) is 31.0 Å². The van der Waals surface area contributed by atoms with Crippen LogP contribution in [-0.2, 0) is 0 Å². The van der Waals surface area contributed by atoms with Crippen LogP contribution in [-0.4, -0.2) is 26.6 Å². The Morgan fingerprint density at radius 1 is 1.38 bits per heavy atom. The van der Waals surface area contributed by atoms with Crippen molar-refractivity contribution in [2.24, 2.45) is 0 Å². The highest BCUT2D eigenvalue weighted by Gasteiger charge is 1.98. The number of hydrogen-bond donors (Lipinski definition) is 1. The second kappa shape index (κ2) is 3.22. The minimum absolute atomic E-state index is 0.615. The van der Waals surface area contributed by atoms with Gasteiger partial charge in [-0.05, 0) is 6.07 Å². The lowest BCUT2D eigenvalue weighted by Gasteiger charge is -2.01. The van der Waals surface area contributed by atoms with E-state index in [1.54, 1.807) is 35.6 Å². The summed E-state index contributed by atoms with van der Waals surface area (Å²) in [5.41, 5.74) is 0. The van der Waals surface area contributed by atoms with E-state index in [-0.39, 0.29) is 0 Å². The summed E-state index contributed by atoms with van der Waals surface area (Å²) in [4.78, 5) is 12.3. The van der Waals surface area contributed by atoms with Crippen molar-refractivity contribution in [1.29, 1.82) is 0 Å². The molecular formula is C8H9N5. The summed E-state index contributed by atoms with van der Waals surface area (Å²) in [6, 6.07) is 1.81. The van der Waals surface area contributed by atoms with E-state index in [0.717, 1.165) is 5.82 Å². The normalized spacial score (nSPS) is 9.92. The molecule has 0 aliphatic rings. The minimum Gasteiger partial charge on any atom is -0.373 e. The predicted octanol–water partition coefficient (Wildman–Crippen LogP) is 0.704. The number of nitrogens with one attached hydrogen (secondary N) is 1. The molecule has 0 aliphatic heterocycles. The monoisotopic (exact) mass is 175 g/mol. The van der Waals surface area contributed by atoms with E-state index in [0.29, 0.717) is 5.95 Å². The Labute approximate surface area is 75.5 Å². The second-order valence-electron chi connectivity index (χ2n) is 2.46. The summed E-state index contributed by atoms with van der Waals surface area (Å²) in [5.74, 6) is 1.41. The van der Waals surface area contributed by atoms with Gasteiger partial charge in [0.2, 0.25) is 5.95 Å². The van der Waals surface area contributed by atoms with Crippen LogP contribution in [0.2, 0.25) is 0 Å². The summed E-state index contributed by atoms with van der Waals surface area (Å²) in [6.07, 6.45) is 6.85. The van der Waals surface area contributed by atoms with Crippen LogP contribution in [0, 0.1) is 0 Å². The molecule has 5 heteroatoms. The van der Waals surface area contributed by atoms with Crippen molar-refractivity contribution in [2.45, 2.75) is 0 Å². The van der Waals surface area contributed by atoms with Gasteiger partial charge in [-0.15, -0.1) is 0 Å². The van der Waals surface area contributed by atoms with E-state index in [2.05, 4.69) is 20.3 Å². The molecule has 0 aliphatic carbocycles. The largest absolute Gasteiger partial charge is 0.373 e. The maximum Gasteiger partial charge on any atom is 0.236 e. The summed E-state index contributed by atoms with van der Waals surface area (Å²) < 4.78 is 1.75. The van der Waals surface area contributed by atoms with Crippen molar-refractivity contribution in [3.8, 4) is 5.95 Å². The SMILES string of the molecule is CNc1ccnc(-n2ccnc2)n1. The number of hydrogen-bond acceptors (Lipinski definition) is 4. The molecule has 66 valence electrons. The van der Waals surface area contributed by atoms with Crippen LogP contribution in [0.5, 0.6) is 0 Å². The highest BCUT2D eigenvalue weighted by Crippen LogP contribution is 2.03. The summed E-state index contributed by atoms with van der Waals surface area (Å²) in [5, 5.41) is 2.94. The summed E-state index contributed by atoms with van der Waals surface area (Å²) >= 11 is 0. The first-order valence-electron chi connectivity index (χ1n) is 3.89. The van der Waals surface area contributed by atoms with Gasteiger partial charge in [-0.3, -0.25) is 4.57 Å². The van der Waals surface area contributed by atoms with Gasteiger partial charge in [0, 0.05) is 25.6 Å². The Hall–Kier alpha value is -1.91. The average Bonchev–Trinajstić information content (AvgIpc) is 2.71. The molecule has 0 spiro atoms. The van der Waals surface area contributed by atoms with Gasteiger partial charge in [-0.2, -0.15) is 4.98 Å². The fourth-order valence-corrected chi connectivity index (χ4v) is 0.989. The van der Waals surface area contributed by atoms with Gasteiger partial charge in [0.1, 0.15) is 12.1 Å². The molecule has 5 nitrogen and oxygen atoms in total. The molecule has 0 amide bonds. The third-order valence-corrected chi connectivity index (χ3v) is 1.63. The lowest BCUT2D eigenvalue weighted by molar-refractivity contribution is 0.927. The van der Waals surface area contributed by atoms with Gasteiger partial charge in [0.25, 0.3) is 0 Å². The Balaban J connectivity index is 2.41. The molecule has 2 heterocycles. The van der Waals surface area contributed by atoms with E-state index in [9.17, 15) is 0 Å². The first kappa shape index (κ1) is 7.72. The standard InChI is InChI=1S/C8H9N5/c1-9-7-2-3-11-8(12-7)13-5-4-10-6-13/h2-6H,1H3,(H,9,11,12). The average molecular weight is 175 g/mol. The Bertz CT molecular complexity index is 381. The number of nitrogens with zero attached hydrogens (tertiary/aromatic N) is 4. The van der Waals surface area contributed by atoms with Crippen molar-refractivity contribution < 1.29 is 0 Å². The zero-order chi connectivity index (χ0) is 9.10. The third kappa shape index (κ3) is 1.48. The lowest BCUT2D eigenvalue weighted by atomic mass is 10.6. The van der Waals surface area contributed by atoms with Crippen LogP contribution in [0.4, 0.5) is 5.82 Å². The molecule has 0 atom stereocenters. The van der Waals surface area contributed by atoms with Crippen molar-refractivity contribution in [1.82, 2.24) is 19.5 Å². The molecule has 0 bridgehead atoms. The lowest BCUT2D eigenvalue weighted by Crippen LogP contribution is -2.01. The van der Waals surface area contributed by atoms with Crippen LogP contribution in [0.25, 0.3) is 5.95 Å². The molecule has 0 unspecified atom stereocenters. The number of anilines is 1. The zero-order valence-corrected chi connectivity index (χ0v) is 7.18. The summed E-state index contributed by atoms with van der Waals surface area (Å²) in [6.45, 7) is 0. The van der Waals surface area contributed by atoms with E-state index < -0.39 is 0 Å². The van der Waals surface area contributed by atoms with Crippen molar-refractivity contribution in [2.75, 3.05) is 12.4 Å². The van der Waals surface area contributed by atoms with Crippen LogP contribution >= 0.6 is 0 Å². The van der Waals surface area contributed by atoms with Gasteiger partial charge in [0.15, 0.2) is 0 Å². The molecule has 1 N–H and O–H groups in total. The van der Waals surface area contributed by atoms with Gasteiger partial charge in [-0.1, -0.05) is 0 Å². The first-order chi connectivity index (χ1) is 6.40. The molecule has 0 saturated carbocycles. The zero-order valence-electron chi connectivity index (χ0n) is 7.18. The number of imidazole rings is 1. The molecule has 2 rings (SSSR count). The molecule has 0 aromatic carbocycles. The molecule has 0 radical (unpaired) electrons. The summed E-state index contributed by atoms with van der Waals surface area (Å²) in [7, 11) is 1.82. The Kier molecular flexibility index (Phi) is 1.91. The van der Waals surface area contributed by atoms with Crippen molar-refractivity contribution >= 4 is 5.82 Å². The smallest absolute Gasteiger partial charge is 0.236 e. The Morgan fingerprint density at radius 3 is 3.00 bits per heavy atom. The van der Waals surface area contributed by atoms with Gasteiger partial charge < -0.3 is 5.32 Å². The van der Waals surface area contributed by atoms with Crippen LogP contribution < -0.4 is 5.32 Å². The topological polar surface area (TPSA) is 55.6 Å². The first-order valence-corrected chi connectivity index (χ1v) is 3.89. The van der Waals surface area contributed by atoms with Crippen molar-refractivity contribution in [3.63, 3.8) is 0 Å². The van der Waals surface area contributed by atoms with Gasteiger partial charge in [0.05, 0.1) is 0 Å². The van der Waals surface area contributed by atoms with Crippen LogP contribution in [0.3, 0.4) is 0 Å². The maximum absolute atomic E-state index is 4.23. The molecular weight excluding hydrogens is 166 g/mol. The van der Waals surface area contributed by atoms with E-state index in [4.69, 9.17) is 0 Å². The minimum atomic E-state index is 0.615. The molecule has 2 aromatic rings. The third-order valence-electron chi connectivity index (χ3n) is 1.63. The number of rotatable bonds is 2. The van der Waals surface area contributed by atoms with E-state index in [1.807, 2.05) is 7.05 Å². The van der Waals surface area contributed by atoms with Gasteiger partial charge >= 0.3 is 0 Å². The highest BCUT2D eigenvalue weighted by molar-refractivity contribution is 5.34. The quantitative estimate of drug-likeness (QED) is 0.730. The predicted molar refractivity (Wildman–Crippen MR) is 48.7 cm³/mol. The highest BCUT2D eigenvalue weighted by atomic mass is 15.2. The van der Waals surface area contributed by atoms with Crippen LogP contribution in [0.15, 0.2) is 31.0 Å². The Morgan fingerprint density at radius 2 is 2.31 bits per heavy atom. The second-order valence-corrected chi connectivity index (χ2v) is 2.46. The maximum atomic E-state index is 4.23. The molecule has 2 aromatic heterocycles. The van der Waals surface area contributed by atoms with E-state index in [1.165, 1.54) is 0 Å². The number of aromatic nitrogens is 4. The molecule has 0 saturated heterocycles. The fraction of sp³-hybridized carbons (Fsp3) is 0.125. The molecule has 0 fully saturated rings. The fourth-order valence-electron chi connectivity index (χ4n) is 0.989. The van der Waals surface area contributed by atoms with E-state index >= 15 is 0 Å². The van der Waals surface area contributed by atoms with Crippen LogP contribution in [0.1, 0.15) is 0 Å². The molecule has 13 heavy (non-hydrogen) atoms.